The van der Waals surface area contributed by atoms with Crippen LogP contribution in [0.2, 0.25) is 0 Å². The predicted octanol–water partition coefficient (Wildman–Crippen LogP) is -0.0630. The van der Waals surface area contributed by atoms with Crippen LogP contribution in [-0.4, -0.2) is 39.7 Å². The first kappa shape index (κ1) is 8.72. The van der Waals surface area contributed by atoms with Crippen molar-refractivity contribution in [3.8, 4) is 0 Å². The molecule has 1 saturated heterocycles. The molecular weight excluding hydrogens is 166 g/mol. The average Bonchev–Trinajstić information content (AvgIpc) is 2.49. The van der Waals surface area contributed by atoms with Gasteiger partial charge in [-0.3, -0.25) is 0 Å². The molecule has 1 aromatic rings. The van der Waals surface area contributed by atoms with Crippen molar-refractivity contribution < 1.29 is 5.11 Å². The van der Waals surface area contributed by atoms with Gasteiger partial charge in [0, 0.05) is 25.6 Å². The number of hydrogen-bond donors (Lipinski definition) is 1. The summed E-state index contributed by atoms with van der Waals surface area (Å²) < 4.78 is 2.04. The minimum Gasteiger partial charge on any atom is -0.390 e. The van der Waals surface area contributed by atoms with Crippen LogP contribution in [0.4, 0.5) is 0 Å². The summed E-state index contributed by atoms with van der Waals surface area (Å²) in [5.74, 6) is 0.726. The number of hydrogen-bond acceptors (Lipinski definition) is 3. The Bertz CT molecular complexity index is 278. The summed E-state index contributed by atoms with van der Waals surface area (Å²) in [6.07, 6.45) is 3.52. The second-order valence-corrected chi connectivity index (χ2v) is 3.78. The van der Waals surface area contributed by atoms with Gasteiger partial charge in [-0.25, -0.2) is 4.98 Å². The second-order valence-electron chi connectivity index (χ2n) is 3.78. The maximum absolute atomic E-state index is 8.99. The molecule has 4 heteroatoms. The summed E-state index contributed by atoms with van der Waals surface area (Å²) in [5, 5.41) is 8.99. The molecule has 4 nitrogen and oxygen atoms in total. The van der Waals surface area contributed by atoms with E-state index in [9.17, 15) is 0 Å². The van der Waals surface area contributed by atoms with E-state index < -0.39 is 0 Å². The molecule has 2 heterocycles. The van der Waals surface area contributed by atoms with Gasteiger partial charge in [-0.2, -0.15) is 0 Å². The van der Waals surface area contributed by atoms with Crippen molar-refractivity contribution in [2.24, 2.45) is 5.92 Å². The van der Waals surface area contributed by atoms with Gasteiger partial charge in [-0.1, -0.05) is 0 Å². The van der Waals surface area contributed by atoms with Crippen LogP contribution in [0.5, 0.6) is 0 Å². The highest BCUT2D eigenvalue weighted by atomic mass is 16.3. The lowest BCUT2D eigenvalue weighted by Crippen LogP contribution is -2.45. The number of aliphatic hydroxyl groups excluding tert-OH is 1. The Hall–Kier alpha value is -0.870. The van der Waals surface area contributed by atoms with Crippen LogP contribution in [0.25, 0.3) is 0 Å². The summed E-state index contributed by atoms with van der Waals surface area (Å²) in [5.41, 5.74) is 0.912. The lowest BCUT2D eigenvalue weighted by atomic mass is 10.0. The Morgan fingerprint density at radius 2 is 2.38 bits per heavy atom. The fraction of sp³-hybridized carbons (Fsp3) is 0.667. The van der Waals surface area contributed by atoms with E-state index in [1.807, 2.05) is 4.57 Å². The summed E-state index contributed by atoms with van der Waals surface area (Å²) in [4.78, 5) is 6.30. The van der Waals surface area contributed by atoms with Crippen molar-refractivity contribution in [3.63, 3.8) is 0 Å². The standard InChI is InChI=1S/C9H15N3O/c1-11-3-8(4-11)5-12-7-10-2-9(12)6-13/h2,7-8,13H,3-6H2,1H3. The van der Waals surface area contributed by atoms with E-state index in [-0.39, 0.29) is 6.61 Å². The van der Waals surface area contributed by atoms with Gasteiger partial charge in [0.25, 0.3) is 0 Å². The fourth-order valence-electron chi connectivity index (χ4n) is 1.87. The van der Waals surface area contributed by atoms with E-state index in [2.05, 4.69) is 16.9 Å². The van der Waals surface area contributed by atoms with Crippen LogP contribution in [0.3, 0.4) is 0 Å². The molecule has 13 heavy (non-hydrogen) atoms. The Kier molecular flexibility index (Phi) is 2.33. The maximum atomic E-state index is 8.99. The summed E-state index contributed by atoms with van der Waals surface area (Å²) >= 11 is 0. The third-order valence-electron chi connectivity index (χ3n) is 2.56. The third-order valence-corrected chi connectivity index (χ3v) is 2.56. The highest BCUT2D eigenvalue weighted by Gasteiger charge is 2.23. The molecule has 1 N–H and O–H groups in total. The molecule has 72 valence electrons. The Morgan fingerprint density at radius 3 is 3.00 bits per heavy atom. The lowest BCUT2D eigenvalue weighted by molar-refractivity contribution is 0.117. The van der Waals surface area contributed by atoms with Crippen molar-refractivity contribution in [1.29, 1.82) is 0 Å². The van der Waals surface area contributed by atoms with Crippen LogP contribution in [0.1, 0.15) is 5.69 Å². The molecule has 0 bridgehead atoms. The number of nitrogens with zero attached hydrogens (tertiary/aromatic N) is 3. The normalized spacial score (nSPS) is 18.9. The van der Waals surface area contributed by atoms with Crippen LogP contribution in [0.15, 0.2) is 12.5 Å². The molecule has 0 amide bonds. The summed E-state index contributed by atoms with van der Waals surface area (Å²) in [7, 11) is 2.12. The van der Waals surface area contributed by atoms with E-state index in [0.29, 0.717) is 0 Å². The molecule has 0 aliphatic carbocycles. The zero-order chi connectivity index (χ0) is 9.26. The molecule has 1 aliphatic heterocycles. The first-order chi connectivity index (χ1) is 6.29. The van der Waals surface area contributed by atoms with Crippen molar-refractivity contribution in [2.75, 3.05) is 20.1 Å². The molecule has 0 unspecified atom stereocenters. The number of imidazole rings is 1. The van der Waals surface area contributed by atoms with Gasteiger partial charge in [0.15, 0.2) is 0 Å². The van der Waals surface area contributed by atoms with Crippen molar-refractivity contribution >= 4 is 0 Å². The molecule has 0 atom stereocenters. The molecule has 1 aromatic heterocycles. The molecule has 0 radical (unpaired) electrons. The number of aliphatic hydroxyl groups is 1. The average molecular weight is 181 g/mol. The van der Waals surface area contributed by atoms with E-state index in [0.717, 1.165) is 31.2 Å². The smallest absolute Gasteiger partial charge is 0.0948 e. The van der Waals surface area contributed by atoms with Gasteiger partial charge in [0.2, 0.25) is 0 Å². The second kappa shape index (κ2) is 3.47. The van der Waals surface area contributed by atoms with Crippen LogP contribution in [0, 0.1) is 5.92 Å². The van der Waals surface area contributed by atoms with Gasteiger partial charge in [0.05, 0.1) is 24.8 Å². The maximum Gasteiger partial charge on any atom is 0.0948 e. The van der Waals surface area contributed by atoms with E-state index in [1.54, 1.807) is 12.5 Å². The fourth-order valence-corrected chi connectivity index (χ4v) is 1.87. The molecule has 0 spiro atoms. The van der Waals surface area contributed by atoms with Crippen molar-refractivity contribution in [2.45, 2.75) is 13.2 Å². The Morgan fingerprint density at radius 1 is 1.62 bits per heavy atom. The molecule has 0 aromatic carbocycles. The molecular formula is C9H15N3O. The number of likely N-dealkylation sites (tertiary alicyclic amines) is 1. The van der Waals surface area contributed by atoms with E-state index in [4.69, 9.17) is 5.11 Å². The lowest BCUT2D eigenvalue weighted by Gasteiger charge is -2.36. The quantitative estimate of drug-likeness (QED) is 0.710. The third kappa shape index (κ3) is 1.73. The first-order valence-corrected chi connectivity index (χ1v) is 4.58. The first-order valence-electron chi connectivity index (χ1n) is 4.58. The highest BCUT2D eigenvalue weighted by Crippen LogP contribution is 2.15. The van der Waals surface area contributed by atoms with Gasteiger partial charge in [-0.15, -0.1) is 0 Å². The Labute approximate surface area is 77.8 Å². The highest BCUT2D eigenvalue weighted by molar-refractivity contribution is 4.97. The minimum atomic E-state index is 0.0859. The van der Waals surface area contributed by atoms with Gasteiger partial charge < -0.3 is 14.6 Å². The molecule has 0 saturated carbocycles. The SMILES string of the molecule is CN1CC(Cn2cncc2CO)C1. The van der Waals surface area contributed by atoms with E-state index in [1.165, 1.54) is 0 Å². The zero-order valence-corrected chi connectivity index (χ0v) is 7.85. The van der Waals surface area contributed by atoms with Gasteiger partial charge >= 0.3 is 0 Å². The predicted molar refractivity (Wildman–Crippen MR) is 49.1 cm³/mol. The molecule has 1 fully saturated rings. The minimum absolute atomic E-state index is 0.0859. The van der Waals surface area contributed by atoms with Crippen molar-refractivity contribution in [3.05, 3.63) is 18.2 Å². The van der Waals surface area contributed by atoms with Crippen LogP contribution < -0.4 is 0 Å². The topological polar surface area (TPSA) is 41.3 Å². The van der Waals surface area contributed by atoms with Crippen molar-refractivity contribution in [1.82, 2.24) is 14.5 Å². The monoisotopic (exact) mass is 181 g/mol. The van der Waals surface area contributed by atoms with Gasteiger partial charge in [-0.05, 0) is 7.05 Å². The molecule has 1 aliphatic rings. The van der Waals surface area contributed by atoms with Gasteiger partial charge in [0.1, 0.15) is 0 Å². The number of rotatable bonds is 3. The number of aromatic nitrogens is 2. The zero-order valence-electron chi connectivity index (χ0n) is 7.85. The summed E-state index contributed by atoms with van der Waals surface area (Å²) in [6, 6.07) is 0. The Balaban J connectivity index is 1.94. The van der Waals surface area contributed by atoms with E-state index >= 15 is 0 Å². The molecule has 2 rings (SSSR count). The van der Waals surface area contributed by atoms with Crippen LogP contribution >= 0.6 is 0 Å². The summed E-state index contributed by atoms with van der Waals surface area (Å²) in [6.45, 7) is 3.38. The largest absolute Gasteiger partial charge is 0.390 e. The van der Waals surface area contributed by atoms with Crippen LogP contribution in [-0.2, 0) is 13.2 Å².